The fourth-order valence-corrected chi connectivity index (χ4v) is 8.93. The molecule has 3 heteroatoms. The van der Waals surface area contributed by atoms with E-state index in [0.29, 0.717) is 11.4 Å². The van der Waals surface area contributed by atoms with E-state index in [0.717, 1.165) is 60.8 Å². The zero-order chi connectivity index (χ0) is 40.7. The molecule has 0 fully saturated rings. The molecule has 11 rings (SSSR count). The third-order valence-corrected chi connectivity index (χ3v) is 11.9. The van der Waals surface area contributed by atoms with Crippen molar-refractivity contribution in [1.29, 1.82) is 5.41 Å². The molecule has 1 heterocycles. The molecule has 0 spiro atoms. The first-order valence-corrected chi connectivity index (χ1v) is 20.7. The van der Waals surface area contributed by atoms with Crippen molar-refractivity contribution < 1.29 is 0 Å². The van der Waals surface area contributed by atoms with Crippen LogP contribution in [0, 0.1) is 5.41 Å². The third-order valence-electron chi connectivity index (χ3n) is 11.9. The quantitative estimate of drug-likeness (QED) is 0.0907. The van der Waals surface area contributed by atoms with Gasteiger partial charge in [-0.25, -0.2) is 0 Å². The Morgan fingerprint density at radius 1 is 0.426 bits per heavy atom. The number of fused-ring (bicyclic) bond motifs is 7. The lowest BCUT2D eigenvalue weighted by Gasteiger charge is -2.13. The fraction of sp³-hybridized carbons (Fsp3) is 0. The second kappa shape index (κ2) is 15.2. The number of nitrogens with zero attached hydrogens (tertiary/aromatic N) is 2. The molecule has 0 saturated heterocycles. The number of hydrogen-bond donors (Lipinski definition) is 1. The molecule has 0 saturated carbocycles. The summed E-state index contributed by atoms with van der Waals surface area (Å²) in [7, 11) is 0. The van der Waals surface area contributed by atoms with Gasteiger partial charge in [0.05, 0.1) is 22.4 Å². The monoisotopic (exact) mass is 777 g/mol. The van der Waals surface area contributed by atoms with E-state index in [1.807, 2.05) is 30.5 Å². The summed E-state index contributed by atoms with van der Waals surface area (Å²) in [5.41, 5.74) is 11.9. The van der Waals surface area contributed by atoms with Gasteiger partial charge in [-0.1, -0.05) is 194 Å². The van der Waals surface area contributed by atoms with Crippen molar-refractivity contribution in [2.24, 2.45) is 4.99 Å². The van der Waals surface area contributed by atoms with Crippen LogP contribution in [0.4, 0.5) is 0 Å². The molecule has 0 atom stereocenters. The predicted molar refractivity (Wildman–Crippen MR) is 259 cm³/mol. The summed E-state index contributed by atoms with van der Waals surface area (Å²) < 4.78 is 2.38. The lowest BCUT2D eigenvalue weighted by molar-refractivity contribution is 1.18. The summed E-state index contributed by atoms with van der Waals surface area (Å²) in [5, 5.41) is 18.9. The zero-order valence-corrected chi connectivity index (χ0v) is 33.3. The molecule has 0 aliphatic carbocycles. The Morgan fingerprint density at radius 3 is 1.82 bits per heavy atom. The summed E-state index contributed by atoms with van der Waals surface area (Å²) in [4.78, 5) is 5.30. The van der Waals surface area contributed by atoms with Crippen LogP contribution in [0.5, 0.6) is 0 Å². The average Bonchev–Trinajstić information content (AvgIpc) is 3.68. The number of rotatable bonds is 8. The Labute approximate surface area is 354 Å². The Bertz CT molecular complexity index is 3500. The van der Waals surface area contributed by atoms with Gasteiger partial charge in [0.15, 0.2) is 0 Å². The molecule has 0 radical (unpaired) electrons. The molecule has 286 valence electrons. The largest absolute Gasteiger partial charge is 0.309 e. The molecular formula is C58H39N3. The smallest absolute Gasteiger partial charge is 0.0723 e. The van der Waals surface area contributed by atoms with Gasteiger partial charge < -0.3 is 9.98 Å². The first kappa shape index (κ1) is 36.0. The highest BCUT2D eigenvalue weighted by Crippen LogP contribution is 2.39. The standard InChI is InChI=1S/C58H39N3/c59-55(43-30-26-40(27-31-43)39-14-3-1-4-15-39)37-56(60-38-54-48-21-10-8-17-45(48)36-53-47-20-9-7-16-41(47)34-35-50(53)54)44-32-28-42(29-33-44)49-23-13-24-52-51-22-11-12-25-57(51)61(58(49)52)46-18-5-2-6-19-46/h1-38,59H/b56-37-,59-55?,60-38?. The number of benzene rings is 10. The van der Waals surface area contributed by atoms with Crippen molar-refractivity contribution in [1.82, 2.24) is 4.57 Å². The topological polar surface area (TPSA) is 41.1 Å². The molecule has 11 aromatic rings. The van der Waals surface area contributed by atoms with E-state index in [4.69, 9.17) is 4.99 Å². The lowest BCUT2D eigenvalue weighted by atomic mass is 9.94. The van der Waals surface area contributed by atoms with Gasteiger partial charge in [-0.3, -0.25) is 4.99 Å². The van der Waals surface area contributed by atoms with Crippen LogP contribution in [0.15, 0.2) is 229 Å². The van der Waals surface area contributed by atoms with Gasteiger partial charge >= 0.3 is 0 Å². The SMILES string of the molecule is N=C(/C=C(\N=Cc1c2ccccc2cc2c1ccc1ccccc12)c1ccc(-c2cccc3c4ccccc4n(-c4ccccc4)c23)cc1)c1ccc(-c2ccccc2)cc1. The Hall–Kier alpha value is -8.14. The lowest BCUT2D eigenvalue weighted by Crippen LogP contribution is -1.97. The molecule has 61 heavy (non-hydrogen) atoms. The molecule has 3 nitrogen and oxygen atoms in total. The van der Waals surface area contributed by atoms with Gasteiger partial charge in [-0.15, -0.1) is 0 Å². The summed E-state index contributed by atoms with van der Waals surface area (Å²) in [6, 6.07) is 76.9. The number of aliphatic imine (C=N–C) groups is 1. The first-order chi connectivity index (χ1) is 30.2. The number of para-hydroxylation sites is 3. The van der Waals surface area contributed by atoms with Crippen LogP contribution in [0.1, 0.15) is 16.7 Å². The maximum Gasteiger partial charge on any atom is 0.0723 e. The molecule has 0 aliphatic rings. The van der Waals surface area contributed by atoms with Gasteiger partial charge in [0, 0.05) is 39.4 Å². The van der Waals surface area contributed by atoms with E-state index in [2.05, 4.69) is 205 Å². The molecule has 1 aromatic heterocycles. The van der Waals surface area contributed by atoms with Gasteiger partial charge in [0.2, 0.25) is 0 Å². The van der Waals surface area contributed by atoms with Crippen LogP contribution in [0.25, 0.3) is 87.8 Å². The number of aromatic nitrogens is 1. The van der Waals surface area contributed by atoms with Crippen LogP contribution in [0.3, 0.4) is 0 Å². The minimum absolute atomic E-state index is 0.391. The minimum atomic E-state index is 0.391. The highest BCUT2D eigenvalue weighted by atomic mass is 15.0. The van der Waals surface area contributed by atoms with E-state index in [1.54, 1.807) is 0 Å². The summed E-state index contributed by atoms with van der Waals surface area (Å²) >= 11 is 0. The van der Waals surface area contributed by atoms with E-state index in [-0.39, 0.29) is 0 Å². The Balaban J connectivity index is 1.05. The summed E-state index contributed by atoms with van der Waals surface area (Å²) in [6.07, 6.45) is 3.91. The predicted octanol–water partition coefficient (Wildman–Crippen LogP) is 15.1. The number of nitrogens with one attached hydrogen (secondary N) is 1. The first-order valence-electron chi connectivity index (χ1n) is 20.7. The summed E-state index contributed by atoms with van der Waals surface area (Å²) in [5.74, 6) is 0. The van der Waals surface area contributed by atoms with E-state index in [1.165, 1.54) is 38.0 Å². The second-order valence-corrected chi connectivity index (χ2v) is 15.5. The summed E-state index contributed by atoms with van der Waals surface area (Å²) in [6.45, 7) is 0. The molecule has 0 amide bonds. The molecule has 0 unspecified atom stereocenters. The highest BCUT2D eigenvalue weighted by molar-refractivity contribution is 6.21. The molecule has 1 N–H and O–H groups in total. The fourth-order valence-electron chi connectivity index (χ4n) is 8.93. The maximum atomic E-state index is 9.39. The van der Waals surface area contributed by atoms with Crippen molar-refractivity contribution in [3.63, 3.8) is 0 Å². The van der Waals surface area contributed by atoms with Crippen LogP contribution in [0.2, 0.25) is 0 Å². The number of allylic oxidation sites excluding steroid dienone is 1. The van der Waals surface area contributed by atoms with Gasteiger partial charge in [0.25, 0.3) is 0 Å². The van der Waals surface area contributed by atoms with E-state index < -0.39 is 0 Å². The van der Waals surface area contributed by atoms with Crippen molar-refractivity contribution >= 4 is 71.7 Å². The van der Waals surface area contributed by atoms with Crippen LogP contribution >= 0.6 is 0 Å². The Kier molecular flexibility index (Phi) is 8.98. The van der Waals surface area contributed by atoms with Crippen LogP contribution < -0.4 is 0 Å². The third kappa shape index (κ3) is 6.50. The Morgan fingerprint density at radius 2 is 1.03 bits per heavy atom. The minimum Gasteiger partial charge on any atom is -0.309 e. The van der Waals surface area contributed by atoms with Crippen molar-refractivity contribution in [3.8, 4) is 27.9 Å². The number of hydrogen-bond acceptors (Lipinski definition) is 2. The normalized spacial score (nSPS) is 12.0. The molecule has 0 bridgehead atoms. The maximum absolute atomic E-state index is 9.39. The van der Waals surface area contributed by atoms with Crippen LogP contribution in [-0.4, -0.2) is 16.5 Å². The molecule has 10 aromatic carbocycles. The van der Waals surface area contributed by atoms with Gasteiger partial charge in [0.1, 0.15) is 0 Å². The van der Waals surface area contributed by atoms with Crippen molar-refractivity contribution in [3.05, 3.63) is 241 Å². The zero-order valence-electron chi connectivity index (χ0n) is 33.3. The second-order valence-electron chi connectivity index (χ2n) is 15.5. The van der Waals surface area contributed by atoms with Crippen molar-refractivity contribution in [2.45, 2.75) is 0 Å². The van der Waals surface area contributed by atoms with Crippen molar-refractivity contribution in [2.75, 3.05) is 0 Å². The van der Waals surface area contributed by atoms with E-state index >= 15 is 0 Å². The van der Waals surface area contributed by atoms with Gasteiger partial charge in [-0.05, 0) is 84.9 Å². The van der Waals surface area contributed by atoms with Gasteiger partial charge in [-0.2, -0.15) is 0 Å². The highest BCUT2D eigenvalue weighted by Gasteiger charge is 2.17. The van der Waals surface area contributed by atoms with Crippen LogP contribution in [-0.2, 0) is 0 Å². The average molecular weight is 778 g/mol. The van der Waals surface area contributed by atoms with E-state index in [9.17, 15) is 5.41 Å². The molecule has 0 aliphatic heterocycles. The molecular weight excluding hydrogens is 739 g/mol.